The lowest BCUT2D eigenvalue weighted by Gasteiger charge is -2.46. The van der Waals surface area contributed by atoms with Gasteiger partial charge in [-0.1, -0.05) is 0 Å². The van der Waals surface area contributed by atoms with E-state index >= 15 is 0 Å². The number of carbonyl (C=O) groups excluding carboxylic acids is 2. The molecule has 0 atom stereocenters. The summed E-state index contributed by atoms with van der Waals surface area (Å²) >= 11 is 0. The molecule has 0 aliphatic carbocycles. The average Bonchev–Trinajstić information content (AvgIpc) is 2.64. The summed E-state index contributed by atoms with van der Waals surface area (Å²) in [5.41, 5.74) is 0.336. The van der Waals surface area contributed by atoms with Crippen LogP contribution in [0.3, 0.4) is 0 Å². The van der Waals surface area contributed by atoms with Crippen molar-refractivity contribution in [1.29, 1.82) is 0 Å². The van der Waals surface area contributed by atoms with Gasteiger partial charge in [0.1, 0.15) is 0 Å². The van der Waals surface area contributed by atoms with Crippen molar-refractivity contribution in [2.75, 3.05) is 39.9 Å². The first-order valence-corrected chi connectivity index (χ1v) is 8.64. The van der Waals surface area contributed by atoms with Crippen LogP contribution in [-0.4, -0.2) is 66.5 Å². The maximum atomic E-state index is 12.9. The van der Waals surface area contributed by atoms with Crippen molar-refractivity contribution >= 4 is 11.8 Å². The average molecular weight is 331 g/mol. The third kappa shape index (κ3) is 3.29. The van der Waals surface area contributed by atoms with Crippen molar-refractivity contribution in [3.05, 3.63) is 30.1 Å². The molecule has 3 heterocycles. The summed E-state index contributed by atoms with van der Waals surface area (Å²) in [4.78, 5) is 33.2. The Kier molecular flexibility index (Phi) is 5.14. The molecule has 0 aromatic carbocycles. The minimum atomic E-state index is -0.280. The molecule has 2 saturated heterocycles. The predicted octanol–water partition coefficient (Wildman–Crippen LogP) is 1.57. The number of carbonyl (C=O) groups is 2. The van der Waals surface area contributed by atoms with Gasteiger partial charge in [0, 0.05) is 45.7 Å². The van der Waals surface area contributed by atoms with E-state index in [0.29, 0.717) is 31.8 Å². The Morgan fingerprint density at radius 3 is 2.75 bits per heavy atom. The smallest absolute Gasteiger partial charge is 0.255 e. The van der Waals surface area contributed by atoms with Gasteiger partial charge in [-0.25, -0.2) is 0 Å². The van der Waals surface area contributed by atoms with Crippen LogP contribution in [0.2, 0.25) is 0 Å². The summed E-state index contributed by atoms with van der Waals surface area (Å²) in [6.07, 6.45) is 6.74. The lowest BCUT2D eigenvalue weighted by atomic mass is 9.71. The Hall–Kier alpha value is -1.95. The highest BCUT2D eigenvalue weighted by Crippen LogP contribution is 2.41. The highest BCUT2D eigenvalue weighted by molar-refractivity contribution is 5.94. The van der Waals surface area contributed by atoms with Crippen LogP contribution in [-0.2, 0) is 9.53 Å². The van der Waals surface area contributed by atoms with Gasteiger partial charge in [-0.2, -0.15) is 0 Å². The van der Waals surface area contributed by atoms with E-state index in [0.717, 1.165) is 32.2 Å². The first-order chi connectivity index (χ1) is 11.7. The molecule has 0 radical (unpaired) electrons. The quantitative estimate of drug-likeness (QED) is 0.840. The van der Waals surface area contributed by atoms with E-state index in [-0.39, 0.29) is 17.2 Å². The molecule has 2 amide bonds. The third-order valence-corrected chi connectivity index (χ3v) is 5.31. The first kappa shape index (κ1) is 16.9. The Morgan fingerprint density at radius 1 is 1.29 bits per heavy atom. The molecule has 3 rings (SSSR count). The number of pyridine rings is 1. The van der Waals surface area contributed by atoms with Gasteiger partial charge in [-0.15, -0.1) is 0 Å². The van der Waals surface area contributed by atoms with Crippen LogP contribution in [0.25, 0.3) is 0 Å². The van der Waals surface area contributed by atoms with Gasteiger partial charge in [-0.05, 0) is 37.8 Å². The SMILES string of the molecule is COCCN1CCCC2(CCN(C(=O)c3cccnc3)CC2)C1=O. The van der Waals surface area contributed by atoms with Crippen molar-refractivity contribution in [3.8, 4) is 0 Å². The highest BCUT2D eigenvalue weighted by atomic mass is 16.5. The maximum Gasteiger partial charge on any atom is 0.255 e. The molecule has 0 N–H and O–H groups in total. The fraction of sp³-hybridized carbons (Fsp3) is 0.611. The minimum absolute atomic E-state index is 0.0115. The number of amides is 2. The van der Waals surface area contributed by atoms with E-state index in [1.54, 1.807) is 31.6 Å². The minimum Gasteiger partial charge on any atom is -0.383 e. The largest absolute Gasteiger partial charge is 0.383 e. The van der Waals surface area contributed by atoms with Gasteiger partial charge in [0.05, 0.1) is 17.6 Å². The molecule has 0 bridgehead atoms. The molecule has 0 unspecified atom stereocenters. The fourth-order valence-electron chi connectivity index (χ4n) is 3.84. The Labute approximate surface area is 142 Å². The number of rotatable bonds is 4. The van der Waals surface area contributed by atoms with Crippen LogP contribution in [0, 0.1) is 5.41 Å². The van der Waals surface area contributed by atoms with Crippen molar-refractivity contribution in [2.45, 2.75) is 25.7 Å². The second kappa shape index (κ2) is 7.30. The molecule has 1 aromatic heterocycles. The number of aromatic nitrogens is 1. The lowest BCUT2D eigenvalue weighted by Crippen LogP contribution is -2.54. The number of hydrogen-bond acceptors (Lipinski definition) is 4. The molecule has 2 fully saturated rings. The normalized spacial score (nSPS) is 20.5. The molecule has 6 heteroatoms. The van der Waals surface area contributed by atoms with E-state index in [9.17, 15) is 9.59 Å². The van der Waals surface area contributed by atoms with Crippen LogP contribution in [0.15, 0.2) is 24.5 Å². The molecule has 6 nitrogen and oxygen atoms in total. The summed E-state index contributed by atoms with van der Waals surface area (Å²) in [5, 5.41) is 0. The highest BCUT2D eigenvalue weighted by Gasteiger charge is 2.46. The van der Waals surface area contributed by atoms with E-state index in [2.05, 4.69) is 4.98 Å². The van der Waals surface area contributed by atoms with Crippen LogP contribution in [0.4, 0.5) is 0 Å². The van der Waals surface area contributed by atoms with E-state index < -0.39 is 0 Å². The zero-order valence-electron chi connectivity index (χ0n) is 14.2. The van der Waals surface area contributed by atoms with Gasteiger partial charge >= 0.3 is 0 Å². The number of ether oxygens (including phenoxy) is 1. The van der Waals surface area contributed by atoms with Crippen LogP contribution in [0.5, 0.6) is 0 Å². The molecule has 2 aliphatic rings. The predicted molar refractivity (Wildman–Crippen MR) is 89.5 cm³/mol. The van der Waals surface area contributed by atoms with Crippen LogP contribution < -0.4 is 0 Å². The van der Waals surface area contributed by atoms with Gasteiger partial charge in [0.15, 0.2) is 0 Å². The van der Waals surface area contributed by atoms with Crippen LogP contribution >= 0.6 is 0 Å². The summed E-state index contributed by atoms with van der Waals surface area (Å²) < 4.78 is 5.11. The summed E-state index contributed by atoms with van der Waals surface area (Å²) in [6, 6.07) is 3.56. The summed E-state index contributed by atoms with van der Waals surface area (Å²) in [7, 11) is 1.66. The van der Waals surface area contributed by atoms with Crippen molar-refractivity contribution < 1.29 is 14.3 Å². The molecule has 130 valence electrons. The second-order valence-electron chi connectivity index (χ2n) is 6.70. The van der Waals surface area contributed by atoms with E-state index in [1.807, 2.05) is 9.80 Å². The number of methoxy groups -OCH3 is 1. The van der Waals surface area contributed by atoms with Crippen molar-refractivity contribution in [3.63, 3.8) is 0 Å². The number of piperidine rings is 2. The van der Waals surface area contributed by atoms with Crippen LogP contribution in [0.1, 0.15) is 36.0 Å². The standard InChI is InChI=1S/C18H25N3O3/c1-24-13-12-21-9-3-5-18(17(21)23)6-10-20(11-7-18)16(22)15-4-2-8-19-14-15/h2,4,8,14H,3,5-7,9-13H2,1H3. The van der Waals surface area contributed by atoms with Gasteiger partial charge in [0.25, 0.3) is 5.91 Å². The molecular formula is C18H25N3O3. The molecule has 0 saturated carbocycles. The maximum absolute atomic E-state index is 12.9. The zero-order chi connectivity index (χ0) is 17.0. The zero-order valence-corrected chi connectivity index (χ0v) is 14.2. The fourth-order valence-corrected chi connectivity index (χ4v) is 3.84. The molecule has 1 spiro atoms. The molecular weight excluding hydrogens is 306 g/mol. The lowest BCUT2D eigenvalue weighted by molar-refractivity contribution is -0.150. The number of hydrogen-bond donors (Lipinski definition) is 0. The van der Waals surface area contributed by atoms with Crippen molar-refractivity contribution in [1.82, 2.24) is 14.8 Å². The Morgan fingerprint density at radius 2 is 2.08 bits per heavy atom. The molecule has 1 aromatic rings. The van der Waals surface area contributed by atoms with Gasteiger partial charge < -0.3 is 14.5 Å². The van der Waals surface area contributed by atoms with Crippen molar-refractivity contribution in [2.24, 2.45) is 5.41 Å². The van der Waals surface area contributed by atoms with Gasteiger partial charge in [0.2, 0.25) is 5.91 Å². The molecule has 24 heavy (non-hydrogen) atoms. The number of nitrogens with zero attached hydrogens (tertiary/aromatic N) is 3. The van der Waals surface area contributed by atoms with Gasteiger partial charge in [-0.3, -0.25) is 14.6 Å². The van der Waals surface area contributed by atoms with E-state index in [4.69, 9.17) is 4.74 Å². The monoisotopic (exact) mass is 331 g/mol. The topological polar surface area (TPSA) is 62.7 Å². The number of likely N-dealkylation sites (tertiary alicyclic amines) is 2. The van der Waals surface area contributed by atoms with E-state index in [1.165, 1.54) is 0 Å². The summed E-state index contributed by atoms with van der Waals surface area (Å²) in [6.45, 7) is 3.33. The summed E-state index contributed by atoms with van der Waals surface area (Å²) in [5.74, 6) is 0.261. The second-order valence-corrected chi connectivity index (χ2v) is 6.70. The Balaban J connectivity index is 1.63. The molecule has 2 aliphatic heterocycles. The third-order valence-electron chi connectivity index (χ3n) is 5.31. The Bertz CT molecular complexity index is 582. The first-order valence-electron chi connectivity index (χ1n) is 8.64.